The molecule has 0 saturated carbocycles. The highest BCUT2D eigenvalue weighted by Crippen LogP contribution is 2.18. The molecule has 78 valence electrons. The average molecular weight is 238 g/mol. The van der Waals surface area contributed by atoms with Gasteiger partial charge >= 0.3 is 0 Å². The third-order valence-electron chi connectivity index (χ3n) is 2.26. The number of thiocarbonyl (C=S) groups is 1. The van der Waals surface area contributed by atoms with Crippen LogP contribution >= 0.6 is 24.0 Å². The Morgan fingerprint density at radius 3 is 2.73 bits per heavy atom. The first-order valence-corrected chi connectivity index (χ1v) is 6.18. The van der Waals surface area contributed by atoms with E-state index in [1.807, 2.05) is 30.3 Å². The van der Waals surface area contributed by atoms with Gasteiger partial charge in [0.25, 0.3) is 0 Å². The van der Waals surface area contributed by atoms with Gasteiger partial charge < -0.3 is 0 Å². The maximum atomic E-state index is 11.9. The highest BCUT2D eigenvalue weighted by Gasteiger charge is 2.23. The summed E-state index contributed by atoms with van der Waals surface area (Å²) in [7, 11) is 0. The highest BCUT2D eigenvalue weighted by molar-refractivity contribution is 8.23. The number of carbonyl (C=O) groups excluding carboxylic acids is 1. The van der Waals surface area contributed by atoms with E-state index < -0.39 is 0 Å². The van der Waals surface area contributed by atoms with Crippen LogP contribution in [0.4, 0.5) is 0 Å². The lowest BCUT2D eigenvalue weighted by Gasteiger charge is -2.14. The van der Waals surface area contributed by atoms with Crippen LogP contribution < -0.4 is 0 Å². The molecule has 2 nitrogen and oxygen atoms in total. The number of hydrogen-bond donors (Lipinski definition) is 0. The zero-order valence-electron chi connectivity index (χ0n) is 8.18. The topological polar surface area (TPSA) is 20.3 Å². The molecule has 1 fully saturated rings. The maximum Gasteiger partial charge on any atom is 0.232 e. The summed E-state index contributed by atoms with van der Waals surface area (Å²) >= 11 is 6.68. The van der Waals surface area contributed by atoms with Crippen molar-refractivity contribution in [3.63, 3.8) is 0 Å². The Hall–Kier alpha value is -0.870. The van der Waals surface area contributed by atoms with Crippen molar-refractivity contribution in [3.8, 4) is 0 Å². The summed E-state index contributed by atoms with van der Waals surface area (Å²) in [5, 5.41) is 0. The van der Waals surface area contributed by atoms with E-state index in [4.69, 9.17) is 12.2 Å². The van der Waals surface area contributed by atoms with Gasteiger partial charge in [-0.15, -0.1) is 0 Å². The summed E-state index contributed by atoms with van der Waals surface area (Å²) in [4.78, 5) is 13.6. The number of benzene rings is 1. The summed E-state index contributed by atoms with van der Waals surface area (Å²) in [5.74, 6) is 1.04. The standard InChI is InChI=1S/C11H11NOS2/c13-10(12-6-7-15-11(12)14)8-9-4-2-1-3-5-9/h1-5H,6-8H2/i12+1. The lowest BCUT2D eigenvalue weighted by atomic mass is 10.1. The summed E-state index contributed by atoms with van der Waals surface area (Å²) in [6.45, 7) is 0.759. The van der Waals surface area contributed by atoms with E-state index in [1.165, 1.54) is 0 Å². The van der Waals surface area contributed by atoms with Crippen molar-refractivity contribution in [2.24, 2.45) is 0 Å². The Kier molecular flexibility index (Phi) is 3.38. The first kappa shape index (κ1) is 10.6. The lowest BCUT2D eigenvalue weighted by molar-refractivity contribution is -0.126. The van der Waals surface area contributed by atoms with Gasteiger partial charge in [0.05, 0.1) is 6.42 Å². The number of hydrogen-bond acceptors (Lipinski definition) is 3. The summed E-state index contributed by atoms with van der Waals surface area (Å²) < 4.78 is 0.718. The Labute approximate surface area is 98.7 Å². The predicted molar refractivity (Wildman–Crippen MR) is 66.9 cm³/mol. The second-order valence-electron chi connectivity index (χ2n) is 3.32. The molecule has 1 saturated heterocycles. The van der Waals surface area contributed by atoms with E-state index in [2.05, 4.69) is 0 Å². The molecular formula is C11H11NOS2. The molecule has 2 rings (SSSR count). The number of thioether (sulfide) groups is 1. The zero-order valence-corrected chi connectivity index (χ0v) is 9.81. The molecule has 1 aliphatic heterocycles. The summed E-state index contributed by atoms with van der Waals surface area (Å²) in [6.07, 6.45) is 0.446. The van der Waals surface area contributed by atoms with Crippen molar-refractivity contribution < 1.29 is 4.79 Å². The van der Waals surface area contributed by atoms with Gasteiger partial charge in [-0.3, -0.25) is 9.69 Å². The number of carbonyl (C=O) groups is 1. The van der Waals surface area contributed by atoms with Crippen molar-refractivity contribution in [2.45, 2.75) is 6.42 Å². The Morgan fingerprint density at radius 2 is 2.13 bits per heavy atom. The molecule has 0 unspecified atom stereocenters. The first-order chi connectivity index (χ1) is 7.27. The molecule has 0 aromatic heterocycles. The van der Waals surface area contributed by atoms with Crippen LogP contribution in [0.15, 0.2) is 30.3 Å². The van der Waals surface area contributed by atoms with Gasteiger partial charge in [-0.1, -0.05) is 54.3 Å². The van der Waals surface area contributed by atoms with Crippen LogP contribution in [0.3, 0.4) is 0 Å². The van der Waals surface area contributed by atoms with Gasteiger partial charge in [-0.25, -0.2) is 0 Å². The minimum absolute atomic E-state index is 0.108. The fraction of sp³-hybridized carbons (Fsp3) is 0.273. The van der Waals surface area contributed by atoms with Crippen LogP contribution in [-0.4, -0.2) is 27.4 Å². The molecule has 0 spiro atoms. The minimum atomic E-state index is 0.108. The summed E-state index contributed by atoms with van der Waals surface area (Å²) in [5.41, 5.74) is 1.04. The molecule has 0 bridgehead atoms. The van der Waals surface area contributed by atoms with Crippen molar-refractivity contribution >= 4 is 34.2 Å². The van der Waals surface area contributed by atoms with Gasteiger partial charge in [0.1, 0.15) is 4.32 Å². The number of nitrogens with zero attached hydrogens (tertiary/aromatic N) is 1. The molecule has 0 N–H and O–H groups in total. The van der Waals surface area contributed by atoms with Gasteiger partial charge in [-0.05, 0) is 5.56 Å². The second-order valence-corrected chi connectivity index (χ2v) is 5.05. The van der Waals surface area contributed by atoms with Gasteiger partial charge in [0.2, 0.25) is 5.91 Å². The molecule has 4 heteroatoms. The van der Waals surface area contributed by atoms with Crippen LogP contribution in [0.5, 0.6) is 0 Å². The molecule has 0 atom stereocenters. The van der Waals surface area contributed by atoms with E-state index >= 15 is 0 Å². The molecule has 15 heavy (non-hydrogen) atoms. The highest BCUT2D eigenvalue weighted by atomic mass is 32.2. The molecular weight excluding hydrogens is 227 g/mol. The van der Waals surface area contributed by atoms with Crippen LogP contribution in [0.2, 0.25) is 0 Å². The van der Waals surface area contributed by atoms with Gasteiger partial charge in [-0.2, -0.15) is 0 Å². The largest absolute Gasteiger partial charge is 0.297 e. The van der Waals surface area contributed by atoms with Crippen molar-refractivity contribution in [1.82, 2.24) is 4.90 Å². The van der Waals surface area contributed by atoms with E-state index in [0.29, 0.717) is 6.42 Å². The van der Waals surface area contributed by atoms with Gasteiger partial charge in [0.15, 0.2) is 0 Å². The predicted octanol–water partition coefficient (Wildman–Crippen LogP) is 2.09. The van der Waals surface area contributed by atoms with Crippen LogP contribution in [-0.2, 0) is 11.2 Å². The van der Waals surface area contributed by atoms with E-state index in [9.17, 15) is 4.79 Å². The lowest BCUT2D eigenvalue weighted by Crippen LogP contribution is -2.31. The number of rotatable bonds is 2. The van der Waals surface area contributed by atoms with E-state index in [1.54, 1.807) is 16.7 Å². The van der Waals surface area contributed by atoms with Crippen molar-refractivity contribution in [2.75, 3.05) is 12.3 Å². The van der Waals surface area contributed by atoms with Crippen molar-refractivity contribution in [3.05, 3.63) is 35.9 Å². The molecule has 1 aromatic rings. The normalized spacial score (nSPS) is 15.7. The molecule has 1 heterocycles. The SMILES string of the molecule is O=C(Cc1ccccc1)[15N]1CCSC1=S. The molecule has 1 aromatic carbocycles. The Bertz CT molecular complexity index is 377. The first-order valence-electron chi connectivity index (χ1n) is 4.78. The molecule has 1 aliphatic rings. The fourth-order valence-electron chi connectivity index (χ4n) is 1.49. The van der Waals surface area contributed by atoms with Crippen LogP contribution in [0, 0.1) is 0 Å². The average Bonchev–Trinajstić information content (AvgIpc) is 2.66. The van der Waals surface area contributed by atoms with Crippen LogP contribution in [0.1, 0.15) is 5.56 Å². The minimum Gasteiger partial charge on any atom is -0.297 e. The van der Waals surface area contributed by atoms with Crippen molar-refractivity contribution in [1.29, 1.82) is 0 Å². The monoisotopic (exact) mass is 238 g/mol. The maximum absolute atomic E-state index is 11.9. The Balaban J connectivity index is 2.01. The summed E-state index contributed by atoms with van der Waals surface area (Å²) in [6, 6.07) is 9.76. The third kappa shape index (κ3) is 2.58. The second kappa shape index (κ2) is 4.77. The smallest absolute Gasteiger partial charge is 0.232 e. The number of amides is 1. The van der Waals surface area contributed by atoms with E-state index in [-0.39, 0.29) is 5.91 Å². The third-order valence-corrected chi connectivity index (χ3v) is 3.69. The quantitative estimate of drug-likeness (QED) is 0.581. The molecule has 0 radical (unpaired) electrons. The molecule has 0 aliphatic carbocycles. The fourth-order valence-corrected chi connectivity index (χ4v) is 2.73. The van der Waals surface area contributed by atoms with Gasteiger partial charge in [0, 0.05) is 12.3 Å². The Morgan fingerprint density at radius 1 is 1.40 bits per heavy atom. The van der Waals surface area contributed by atoms with E-state index in [0.717, 1.165) is 22.2 Å². The molecule has 1 amide bonds. The van der Waals surface area contributed by atoms with Crippen LogP contribution in [0.25, 0.3) is 0 Å². The zero-order chi connectivity index (χ0) is 10.7.